The van der Waals surface area contributed by atoms with E-state index >= 15 is 0 Å². The Kier molecular flexibility index (Phi) is 5.25. The van der Waals surface area contributed by atoms with Gasteiger partial charge >= 0.3 is 0 Å². The van der Waals surface area contributed by atoms with Gasteiger partial charge in [-0.25, -0.2) is 0 Å². The van der Waals surface area contributed by atoms with Crippen molar-refractivity contribution >= 4 is 0 Å². The highest BCUT2D eigenvalue weighted by molar-refractivity contribution is 5.50. The molecule has 4 nitrogen and oxygen atoms in total. The molecule has 1 aromatic rings. The number of hydrogen-bond acceptors (Lipinski definition) is 4. The molecular weight excluding hydrogens is 218 g/mol. The molecule has 0 heterocycles. The summed E-state index contributed by atoms with van der Waals surface area (Å²) in [6.07, 6.45) is 0.768. The summed E-state index contributed by atoms with van der Waals surface area (Å²) >= 11 is 0. The van der Waals surface area contributed by atoms with Crippen molar-refractivity contribution in [2.45, 2.75) is 26.0 Å². The molecule has 0 saturated carbocycles. The van der Waals surface area contributed by atoms with Crippen LogP contribution < -0.4 is 15.2 Å². The highest BCUT2D eigenvalue weighted by atomic mass is 16.5. The van der Waals surface area contributed by atoms with Crippen LogP contribution in [0.5, 0.6) is 11.5 Å². The van der Waals surface area contributed by atoms with Crippen LogP contribution in [-0.2, 0) is 17.8 Å². The summed E-state index contributed by atoms with van der Waals surface area (Å²) in [5, 5.41) is 0. The summed E-state index contributed by atoms with van der Waals surface area (Å²) in [6.45, 7) is 2.43. The predicted octanol–water partition coefficient (Wildman–Crippen LogP) is 1.74. The number of nitrogens with two attached hydrogens (primary N) is 1. The fourth-order valence-corrected chi connectivity index (χ4v) is 1.89. The van der Waals surface area contributed by atoms with E-state index in [1.165, 1.54) is 0 Å². The molecule has 0 spiro atoms. The van der Waals surface area contributed by atoms with Crippen molar-refractivity contribution in [3.63, 3.8) is 0 Å². The van der Waals surface area contributed by atoms with Crippen molar-refractivity contribution in [3.8, 4) is 11.5 Å². The molecule has 1 atom stereocenters. The zero-order valence-electron chi connectivity index (χ0n) is 10.9. The lowest BCUT2D eigenvalue weighted by atomic mass is 10.0. The maximum Gasteiger partial charge on any atom is 0.131 e. The lowest BCUT2D eigenvalue weighted by Gasteiger charge is -2.17. The fraction of sp³-hybridized carbons (Fsp3) is 0.538. The molecule has 0 radical (unpaired) electrons. The van der Waals surface area contributed by atoms with Crippen LogP contribution in [0.3, 0.4) is 0 Å². The largest absolute Gasteiger partial charge is 0.496 e. The second-order valence-electron chi connectivity index (χ2n) is 4.05. The van der Waals surface area contributed by atoms with Gasteiger partial charge in [-0.05, 0) is 25.0 Å². The first kappa shape index (κ1) is 13.8. The molecule has 1 rings (SSSR count). The van der Waals surface area contributed by atoms with Crippen molar-refractivity contribution in [1.82, 2.24) is 0 Å². The zero-order valence-corrected chi connectivity index (χ0v) is 10.9. The Labute approximate surface area is 103 Å². The van der Waals surface area contributed by atoms with E-state index in [9.17, 15) is 0 Å². The Morgan fingerprint density at radius 2 is 1.88 bits per heavy atom. The van der Waals surface area contributed by atoms with Crippen LogP contribution in [0.1, 0.15) is 18.1 Å². The SMILES string of the molecule is COCc1c(OC)ccc(CC(C)N)c1OC. The molecule has 2 N–H and O–H groups in total. The summed E-state index contributed by atoms with van der Waals surface area (Å²) < 4.78 is 15.9. The molecule has 0 bridgehead atoms. The first-order valence-corrected chi connectivity index (χ1v) is 5.61. The molecule has 0 saturated heterocycles. The van der Waals surface area contributed by atoms with Crippen LogP contribution in [0.4, 0.5) is 0 Å². The summed E-state index contributed by atoms with van der Waals surface area (Å²) in [5.41, 5.74) is 7.83. The van der Waals surface area contributed by atoms with Gasteiger partial charge in [-0.1, -0.05) is 6.07 Å². The van der Waals surface area contributed by atoms with Crippen molar-refractivity contribution in [3.05, 3.63) is 23.3 Å². The minimum atomic E-state index is 0.0905. The fourth-order valence-electron chi connectivity index (χ4n) is 1.89. The summed E-state index contributed by atoms with van der Waals surface area (Å²) in [7, 11) is 4.94. The average molecular weight is 239 g/mol. The molecule has 0 fully saturated rings. The van der Waals surface area contributed by atoms with Gasteiger partial charge in [0.05, 0.1) is 26.4 Å². The van der Waals surface area contributed by atoms with Gasteiger partial charge in [-0.2, -0.15) is 0 Å². The lowest BCUT2D eigenvalue weighted by molar-refractivity contribution is 0.178. The minimum Gasteiger partial charge on any atom is -0.496 e. The van der Waals surface area contributed by atoms with Crippen molar-refractivity contribution in [1.29, 1.82) is 0 Å². The highest BCUT2D eigenvalue weighted by Crippen LogP contribution is 2.33. The van der Waals surface area contributed by atoms with Crippen LogP contribution in [-0.4, -0.2) is 27.4 Å². The van der Waals surface area contributed by atoms with Gasteiger partial charge in [-0.3, -0.25) is 0 Å². The first-order valence-electron chi connectivity index (χ1n) is 5.61. The number of hydrogen-bond donors (Lipinski definition) is 1. The van der Waals surface area contributed by atoms with E-state index in [0.29, 0.717) is 6.61 Å². The Hall–Kier alpha value is -1.26. The summed E-state index contributed by atoms with van der Waals surface area (Å²) in [6, 6.07) is 4.00. The molecule has 17 heavy (non-hydrogen) atoms. The third-order valence-corrected chi connectivity index (χ3v) is 2.55. The molecule has 0 amide bonds. The number of benzene rings is 1. The van der Waals surface area contributed by atoms with E-state index in [4.69, 9.17) is 19.9 Å². The van der Waals surface area contributed by atoms with Crippen LogP contribution in [0.25, 0.3) is 0 Å². The Bertz CT molecular complexity index is 364. The zero-order chi connectivity index (χ0) is 12.8. The van der Waals surface area contributed by atoms with Crippen LogP contribution in [0.2, 0.25) is 0 Å². The molecular formula is C13H21NO3. The average Bonchev–Trinajstić information content (AvgIpc) is 2.29. The maximum atomic E-state index is 5.82. The van der Waals surface area contributed by atoms with Gasteiger partial charge in [0.1, 0.15) is 11.5 Å². The maximum absolute atomic E-state index is 5.82. The van der Waals surface area contributed by atoms with E-state index in [1.807, 2.05) is 19.1 Å². The van der Waals surface area contributed by atoms with Crippen LogP contribution in [0, 0.1) is 0 Å². The van der Waals surface area contributed by atoms with E-state index in [2.05, 4.69) is 0 Å². The first-order chi connectivity index (χ1) is 8.13. The second kappa shape index (κ2) is 6.47. The van der Waals surface area contributed by atoms with Gasteiger partial charge in [0, 0.05) is 13.2 Å². The predicted molar refractivity (Wildman–Crippen MR) is 67.6 cm³/mol. The van der Waals surface area contributed by atoms with Gasteiger partial charge in [-0.15, -0.1) is 0 Å². The third kappa shape index (κ3) is 3.35. The van der Waals surface area contributed by atoms with Crippen molar-refractivity contribution < 1.29 is 14.2 Å². The van der Waals surface area contributed by atoms with E-state index < -0.39 is 0 Å². The molecule has 0 aliphatic carbocycles. The van der Waals surface area contributed by atoms with Gasteiger partial charge < -0.3 is 19.9 Å². The Morgan fingerprint density at radius 1 is 1.18 bits per heavy atom. The second-order valence-corrected chi connectivity index (χ2v) is 4.05. The normalized spacial score (nSPS) is 12.3. The molecule has 4 heteroatoms. The molecule has 1 aromatic carbocycles. The van der Waals surface area contributed by atoms with Crippen LogP contribution >= 0.6 is 0 Å². The van der Waals surface area contributed by atoms with E-state index in [1.54, 1.807) is 21.3 Å². The van der Waals surface area contributed by atoms with Crippen molar-refractivity contribution in [2.75, 3.05) is 21.3 Å². The van der Waals surface area contributed by atoms with E-state index in [-0.39, 0.29) is 6.04 Å². The molecule has 1 unspecified atom stereocenters. The monoisotopic (exact) mass is 239 g/mol. The topological polar surface area (TPSA) is 53.7 Å². The molecule has 0 aliphatic rings. The third-order valence-electron chi connectivity index (χ3n) is 2.55. The smallest absolute Gasteiger partial charge is 0.131 e. The molecule has 96 valence electrons. The molecule has 0 aliphatic heterocycles. The summed E-state index contributed by atoms with van der Waals surface area (Å²) in [5.74, 6) is 1.58. The Balaban J connectivity index is 3.19. The number of rotatable bonds is 6. The van der Waals surface area contributed by atoms with Gasteiger partial charge in [0.2, 0.25) is 0 Å². The van der Waals surface area contributed by atoms with Crippen LogP contribution in [0.15, 0.2) is 12.1 Å². The summed E-state index contributed by atoms with van der Waals surface area (Å²) in [4.78, 5) is 0. The Morgan fingerprint density at radius 3 is 2.35 bits per heavy atom. The standard InChI is InChI=1S/C13H21NO3/c1-9(14)7-10-5-6-12(16-3)11(8-15-2)13(10)17-4/h5-6,9H,7-8,14H2,1-4H3. The lowest BCUT2D eigenvalue weighted by Crippen LogP contribution is -2.18. The minimum absolute atomic E-state index is 0.0905. The molecule has 0 aromatic heterocycles. The number of methoxy groups -OCH3 is 3. The quantitative estimate of drug-likeness (QED) is 0.821. The highest BCUT2D eigenvalue weighted by Gasteiger charge is 2.15. The van der Waals surface area contributed by atoms with Gasteiger partial charge in [0.15, 0.2) is 0 Å². The van der Waals surface area contributed by atoms with E-state index in [0.717, 1.165) is 29.0 Å². The van der Waals surface area contributed by atoms with Crippen molar-refractivity contribution in [2.24, 2.45) is 5.73 Å². The number of ether oxygens (including phenoxy) is 3. The van der Waals surface area contributed by atoms with Gasteiger partial charge in [0.25, 0.3) is 0 Å².